The van der Waals surface area contributed by atoms with Gasteiger partial charge in [-0.25, -0.2) is 0 Å². The predicted molar refractivity (Wildman–Crippen MR) is 61.9 cm³/mol. The van der Waals surface area contributed by atoms with Gasteiger partial charge in [0, 0.05) is 32.7 Å². The highest BCUT2D eigenvalue weighted by Gasteiger charge is 2.16. The lowest BCUT2D eigenvalue weighted by Gasteiger charge is -2.24. The maximum absolute atomic E-state index is 11.1. The van der Waals surface area contributed by atoms with Gasteiger partial charge in [0.1, 0.15) is 0 Å². The normalized spacial score (nSPS) is 11.5. The van der Waals surface area contributed by atoms with Crippen molar-refractivity contribution in [1.82, 2.24) is 10.6 Å². The molecule has 0 heterocycles. The van der Waals surface area contributed by atoms with E-state index in [0.717, 1.165) is 6.54 Å². The Kier molecular flexibility index (Phi) is 7.34. The fourth-order valence-electron chi connectivity index (χ4n) is 1.32. The second-order valence-corrected chi connectivity index (χ2v) is 4.07. The van der Waals surface area contributed by atoms with E-state index in [1.54, 1.807) is 0 Å². The number of hydrogen-bond acceptors (Lipinski definition) is 3. The molecule has 0 unspecified atom stereocenters. The van der Waals surface area contributed by atoms with Crippen molar-refractivity contribution in [2.75, 3.05) is 26.2 Å². The van der Waals surface area contributed by atoms with Crippen LogP contribution in [0.25, 0.3) is 0 Å². The predicted octanol–water partition coefficient (Wildman–Crippen LogP) is 0.917. The van der Waals surface area contributed by atoms with E-state index in [1.165, 1.54) is 0 Å². The van der Waals surface area contributed by atoms with Crippen LogP contribution in [-0.4, -0.2) is 37.7 Å². The van der Waals surface area contributed by atoms with Crippen LogP contribution in [-0.2, 0) is 9.53 Å². The van der Waals surface area contributed by atoms with Crippen LogP contribution in [0.4, 0.5) is 0 Å². The maximum Gasteiger partial charge on any atom is 0.221 e. The van der Waals surface area contributed by atoms with E-state index in [1.807, 2.05) is 27.7 Å². The topological polar surface area (TPSA) is 50.4 Å². The Hall–Kier alpha value is -0.610. The fourth-order valence-corrected chi connectivity index (χ4v) is 1.32. The molecule has 4 nitrogen and oxygen atoms in total. The van der Waals surface area contributed by atoms with E-state index < -0.39 is 0 Å². The fraction of sp³-hybridized carbons (Fsp3) is 0.909. The highest BCUT2D eigenvalue weighted by atomic mass is 16.5. The van der Waals surface area contributed by atoms with Gasteiger partial charge in [0.2, 0.25) is 5.91 Å². The molecule has 0 atom stereocenters. The molecule has 4 heteroatoms. The van der Waals surface area contributed by atoms with Crippen molar-refractivity contribution in [1.29, 1.82) is 0 Å². The molecule has 0 radical (unpaired) electrons. The Bertz CT molecular complexity index is 181. The molecule has 0 rings (SSSR count). The molecular formula is C11H24N2O2. The average Bonchev–Trinajstić information content (AvgIpc) is 2.13. The second-order valence-electron chi connectivity index (χ2n) is 4.07. The third kappa shape index (κ3) is 8.39. The molecule has 15 heavy (non-hydrogen) atoms. The summed E-state index contributed by atoms with van der Waals surface area (Å²) in [5.74, 6) is 0.0965. The van der Waals surface area contributed by atoms with Gasteiger partial charge >= 0.3 is 0 Å². The van der Waals surface area contributed by atoms with Crippen molar-refractivity contribution in [3.8, 4) is 0 Å². The lowest BCUT2D eigenvalue weighted by molar-refractivity contribution is -0.120. The van der Waals surface area contributed by atoms with Crippen LogP contribution < -0.4 is 10.6 Å². The van der Waals surface area contributed by atoms with Crippen LogP contribution in [0.1, 0.15) is 34.1 Å². The van der Waals surface area contributed by atoms with Crippen molar-refractivity contribution in [2.24, 2.45) is 0 Å². The summed E-state index contributed by atoms with van der Waals surface area (Å²) in [6.45, 7) is 10.8. The molecule has 0 aromatic rings. The van der Waals surface area contributed by atoms with E-state index in [2.05, 4.69) is 10.6 Å². The van der Waals surface area contributed by atoms with E-state index in [-0.39, 0.29) is 11.5 Å². The van der Waals surface area contributed by atoms with Gasteiger partial charge in [-0.3, -0.25) is 4.79 Å². The van der Waals surface area contributed by atoms with E-state index in [0.29, 0.717) is 26.1 Å². The second kappa shape index (κ2) is 7.65. The summed E-state index contributed by atoms with van der Waals surface area (Å²) in [5.41, 5.74) is -0.157. The van der Waals surface area contributed by atoms with Gasteiger partial charge in [-0.1, -0.05) is 0 Å². The first-order chi connectivity index (χ1) is 7.02. The Morgan fingerprint density at radius 2 is 2.00 bits per heavy atom. The molecular weight excluding hydrogens is 192 g/mol. The number of ether oxygens (including phenoxy) is 1. The van der Waals surface area contributed by atoms with Gasteiger partial charge in [0.25, 0.3) is 0 Å². The monoisotopic (exact) mass is 216 g/mol. The molecule has 0 spiro atoms. The standard InChI is InChI=1S/C11H24N2O2/c1-5-13-10(14)7-8-12-9-11(3,4)15-6-2/h12H,5-9H2,1-4H3,(H,13,14). The maximum atomic E-state index is 11.1. The Balaban J connectivity index is 3.49. The van der Waals surface area contributed by atoms with Crippen molar-refractivity contribution in [3.05, 3.63) is 0 Å². The van der Waals surface area contributed by atoms with Crippen LogP contribution in [0.2, 0.25) is 0 Å². The molecule has 0 aliphatic carbocycles. The molecule has 0 aromatic carbocycles. The molecule has 0 aliphatic rings. The first kappa shape index (κ1) is 14.4. The third-order valence-electron chi connectivity index (χ3n) is 1.99. The summed E-state index contributed by atoms with van der Waals surface area (Å²) in [6.07, 6.45) is 0.524. The average molecular weight is 216 g/mol. The highest BCUT2D eigenvalue weighted by Crippen LogP contribution is 2.06. The third-order valence-corrected chi connectivity index (χ3v) is 1.99. The molecule has 2 N–H and O–H groups in total. The number of carbonyl (C=O) groups excluding carboxylic acids is 1. The Morgan fingerprint density at radius 3 is 2.53 bits per heavy atom. The van der Waals surface area contributed by atoms with Gasteiger partial charge in [-0.05, 0) is 27.7 Å². The molecule has 0 saturated carbocycles. The van der Waals surface area contributed by atoms with Crippen molar-refractivity contribution >= 4 is 5.91 Å². The van der Waals surface area contributed by atoms with Gasteiger partial charge in [-0.15, -0.1) is 0 Å². The molecule has 0 fully saturated rings. The summed E-state index contributed by atoms with van der Waals surface area (Å²) in [4.78, 5) is 11.1. The Morgan fingerprint density at radius 1 is 1.33 bits per heavy atom. The lowest BCUT2D eigenvalue weighted by atomic mass is 10.1. The summed E-state index contributed by atoms with van der Waals surface area (Å²) in [6, 6.07) is 0. The zero-order chi connectivity index (χ0) is 11.7. The summed E-state index contributed by atoms with van der Waals surface area (Å²) < 4.78 is 5.52. The molecule has 1 amide bonds. The molecule has 0 saturated heterocycles. The molecule has 90 valence electrons. The lowest BCUT2D eigenvalue weighted by Crippen LogP contribution is -2.39. The molecule has 0 aromatic heterocycles. The van der Waals surface area contributed by atoms with Crippen LogP contribution in [0.5, 0.6) is 0 Å². The SMILES string of the molecule is CCNC(=O)CCNCC(C)(C)OCC. The van der Waals surface area contributed by atoms with Gasteiger partial charge in [0.05, 0.1) is 5.60 Å². The Labute approximate surface area is 92.8 Å². The minimum atomic E-state index is -0.157. The summed E-state index contributed by atoms with van der Waals surface area (Å²) in [7, 11) is 0. The van der Waals surface area contributed by atoms with Crippen molar-refractivity contribution in [3.63, 3.8) is 0 Å². The number of carbonyl (C=O) groups is 1. The molecule has 0 aliphatic heterocycles. The van der Waals surface area contributed by atoms with Crippen molar-refractivity contribution < 1.29 is 9.53 Å². The van der Waals surface area contributed by atoms with Gasteiger partial charge < -0.3 is 15.4 Å². The van der Waals surface area contributed by atoms with Gasteiger partial charge in [-0.2, -0.15) is 0 Å². The number of nitrogens with one attached hydrogen (secondary N) is 2. The van der Waals surface area contributed by atoms with E-state index in [9.17, 15) is 4.79 Å². The van der Waals surface area contributed by atoms with Crippen LogP contribution in [0, 0.1) is 0 Å². The zero-order valence-electron chi connectivity index (χ0n) is 10.4. The minimum Gasteiger partial charge on any atom is -0.375 e. The van der Waals surface area contributed by atoms with Crippen LogP contribution in [0.15, 0.2) is 0 Å². The van der Waals surface area contributed by atoms with Gasteiger partial charge in [0.15, 0.2) is 0 Å². The zero-order valence-corrected chi connectivity index (χ0v) is 10.4. The highest BCUT2D eigenvalue weighted by molar-refractivity contribution is 5.75. The summed E-state index contributed by atoms with van der Waals surface area (Å²) >= 11 is 0. The minimum absolute atomic E-state index is 0.0965. The quantitative estimate of drug-likeness (QED) is 0.593. The van der Waals surface area contributed by atoms with Crippen LogP contribution in [0.3, 0.4) is 0 Å². The summed E-state index contributed by atoms with van der Waals surface area (Å²) in [5, 5.41) is 5.97. The number of rotatable bonds is 8. The van der Waals surface area contributed by atoms with Crippen LogP contribution >= 0.6 is 0 Å². The smallest absolute Gasteiger partial charge is 0.221 e. The van der Waals surface area contributed by atoms with Crippen molar-refractivity contribution in [2.45, 2.75) is 39.7 Å². The van der Waals surface area contributed by atoms with E-state index >= 15 is 0 Å². The number of amides is 1. The first-order valence-electron chi connectivity index (χ1n) is 5.63. The largest absolute Gasteiger partial charge is 0.375 e. The van der Waals surface area contributed by atoms with E-state index in [4.69, 9.17) is 4.74 Å². The molecule has 0 bridgehead atoms. The first-order valence-corrected chi connectivity index (χ1v) is 5.63. The number of hydrogen-bond donors (Lipinski definition) is 2.